The van der Waals surface area contributed by atoms with Gasteiger partial charge >= 0.3 is 0 Å². The van der Waals surface area contributed by atoms with Crippen molar-refractivity contribution in [2.24, 2.45) is 0 Å². The third kappa shape index (κ3) is 1.52. The Bertz CT molecular complexity index is 310. The molecule has 0 aromatic heterocycles. The predicted molar refractivity (Wildman–Crippen MR) is 48.3 cm³/mol. The number of rotatable bonds is 2. The van der Waals surface area contributed by atoms with Gasteiger partial charge in [-0.3, -0.25) is 0 Å². The monoisotopic (exact) mass is 181 g/mol. The van der Waals surface area contributed by atoms with Crippen molar-refractivity contribution >= 4 is 0 Å². The second-order valence-corrected chi connectivity index (χ2v) is 3.19. The van der Waals surface area contributed by atoms with Crippen molar-refractivity contribution in [1.82, 2.24) is 5.32 Å². The summed E-state index contributed by atoms with van der Waals surface area (Å²) in [5.74, 6) is 0.0248. The molecule has 1 saturated heterocycles. The maximum Gasteiger partial charge on any atom is 0.165 e. The topological polar surface area (TPSA) is 21.3 Å². The standard InChI is InChI=1S/C10H12FNO/c1-13-10-6-7(2-3-8(10)11)9-4-5-12-9/h2-3,6,9,12H,4-5H2,1H3. The second-order valence-electron chi connectivity index (χ2n) is 3.19. The molecule has 1 heterocycles. The Balaban J connectivity index is 2.26. The molecule has 0 aliphatic carbocycles. The number of halogens is 1. The van der Waals surface area contributed by atoms with Gasteiger partial charge in [-0.15, -0.1) is 0 Å². The van der Waals surface area contributed by atoms with Crippen molar-refractivity contribution in [3.63, 3.8) is 0 Å². The summed E-state index contributed by atoms with van der Waals surface area (Å²) in [6.45, 7) is 1.05. The third-order valence-electron chi connectivity index (χ3n) is 2.40. The first-order chi connectivity index (χ1) is 6.31. The first kappa shape index (κ1) is 8.51. The van der Waals surface area contributed by atoms with E-state index in [1.165, 1.54) is 13.2 Å². The minimum absolute atomic E-state index is 0.300. The lowest BCUT2D eigenvalue weighted by Gasteiger charge is -2.28. The number of nitrogens with one attached hydrogen (secondary N) is 1. The zero-order chi connectivity index (χ0) is 9.26. The zero-order valence-corrected chi connectivity index (χ0v) is 7.51. The van der Waals surface area contributed by atoms with Crippen molar-refractivity contribution in [2.45, 2.75) is 12.5 Å². The summed E-state index contributed by atoms with van der Waals surface area (Å²) < 4.78 is 17.9. The molecule has 2 nitrogen and oxygen atoms in total. The Hall–Kier alpha value is -1.09. The largest absolute Gasteiger partial charge is 0.494 e. The number of ether oxygens (including phenoxy) is 1. The Morgan fingerprint density at radius 3 is 2.85 bits per heavy atom. The first-order valence-electron chi connectivity index (χ1n) is 4.38. The van der Waals surface area contributed by atoms with E-state index in [0.717, 1.165) is 18.5 Å². The summed E-state index contributed by atoms with van der Waals surface area (Å²) in [4.78, 5) is 0. The van der Waals surface area contributed by atoms with Crippen LogP contribution in [0.1, 0.15) is 18.0 Å². The molecule has 1 aromatic carbocycles. The summed E-state index contributed by atoms with van der Waals surface area (Å²) in [5, 5.41) is 3.25. The molecule has 3 heteroatoms. The van der Waals surface area contributed by atoms with Crippen LogP contribution < -0.4 is 10.1 Å². The van der Waals surface area contributed by atoms with Gasteiger partial charge in [0.15, 0.2) is 11.6 Å². The molecule has 0 amide bonds. The van der Waals surface area contributed by atoms with Crippen molar-refractivity contribution in [1.29, 1.82) is 0 Å². The maximum absolute atomic E-state index is 13.0. The quantitative estimate of drug-likeness (QED) is 0.752. The minimum Gasteiger partial charge on any atom is -0.494 e. The molecule has 1 fully saturated rings. The van der Waals surface area contributed by atoms with E-state index in [9.17, 15) is 4.39 Å². The fourth-order valence-electron chi connectivity index (χ4n) is 1.47. The summed E-state index contributed by atoms with van der Waals surface area (Å²) in [6, 6.07) is 5.39. The van der Waals surface area contributed by atoms with Crippen LogP contribution in [-0.2, 0) is 0 Å². The van der Waals surface area contributed by atoms with E-state index in [1.54, 1.807) is 12.1 Å². The van der Waals surface area contributed by atoms with E-state index < -0.39 is 0 Å². The van der Waals surface area contributed by atoms with Gasteiger partial charge in [-0.05, 0) is 30.7 Å². The van der Waals surface area contributed by atoms with Crippen molar-refractivity contribution < 1.29 is 9.13 Å². The molecule has 0 bridgehead atoms. The molecule has 70 valence electrons. The van der Waals surface area contributed by atoms with Gasteiger partial charge in [0.05, 0.1) is 7.11 Å². The predicted octanol–water partition coefficient (Wildman–Crippen LogP) is 1.87. The Kier molecular flexibility index (Phi) is 2.19. The van der Waals surface area contributed by atoms with Crippen molar-refractivity contribution in [3.8, 4) is 5.75 Å². The van der Waals surface area contributed by atoms with Crippen LogP contribution in [0.5, 0.6) is 5.75 Å². The highest BCUT2D eigenvalue weighted by atomic mass is 19.1. The summed E-state index contributed by atoms with van der Waals surface area (Å²) >= 11 is 0. The molecule has 0 saturated carbocycles. The van der Waals surface area contributed by atoms with E-state index in [1.807, 2.05) is 0 Å². The van der Waals surface area contributed by atoms with Crippen LogP contribution in [0.2, 0.25) is 0 Å². The molecule has 1 N–H and O–H groups in total. The molecule has 1 unspecified atom stereocenters. The number of benzene rings is 1. The average molecular weight is 181 g/mol. The molecular weight excluding hydrogens is 169 g/mol. The van der Waals surface area contributed by atoms with Gasteiger partial charge in [0.2, 0.25) is 0 Å². The molecule has 1 aromatic rings. The van der Waals surface area contributed by atoms with E-state index in [-0.39, 0.29) is 5.82 Å². The summed E-state index contributed by atoms with van der Waals surface area (Å²) in [6.07, 6.45) is 1.12. The lowest BCUT2D eigenvalue weighted by molar-refractivity contribution is 0.368. The van der Waals surface area contributed by atoms with E-state index in [2.05, 4.69) is 5.32 Å². The average Bonchev–Trinajstić information content (AvgIpc) is 2.05. The zero-order valence-electron chi connectivity index (χ0n) is 7.51. The highest BCUT2D eigenvalue weighted by Crippen LogP contribution is 2.27. The van der Waals surface area contributed by atoms with E-state index in [0.29, 0.717) is 11.8 Å². The number of hydrogen-bond acceptors (Lipinski definition) is 2. The van der Waals surface area contributed by atoms with Crippen molar-refractivity contribution in [3.05, 3.63) is 29.6 Å². The number of hydrogen-bond donors (Lipinski definition) is 1. The summed E-state index contributed by atoms with van der Waals surface area (Å²) in [7, 11) is 1.48. The van der Waals surface area contributed by atoms with Gasteiger partial charge in [-0.1, -0.05) is 6.07 Å². The molecule has 13 heavy (non-hydrogen) atoms. The van der Waals surface area contributed by atoms with Gasteiger partial charge < -0.3 is 10.1 Å². The second kappa shape index (κ2) is 3.34. The van der Waals surface area contributed by atoms with Crippen LogP contribution >= 0.6 is 0 Å². The van der Waals surface area contributed by atoms with E-state index >= 15 is 0 Å². The maximum atomic E-state index is 13.0. The molecule has 1 aliphatic heterocycles. The molecule has 0 radical (unpaired) electrons. The van der Waals surface area contributed by atoms with Crippen LogP contribution in [0.3, 0.4) is 0 Å². The summed E-state index contributed by atoms with van der Waals surface area (Å²) in [5.41, 5.74) is 1.10. The molecule has 0 spiro atoms. The Morgan fingerprint density at radius 2 is 2.31 bits per heavy atom. The number of methoxy groups -OCH3 is 1. The Labute approximate surface area is 76.7 Å². The van der Waals surface area contributed by atoms with Gasteiger partial charge in [0.25, 0.3) is 0 Å². The third-order valence-corrected chi connectivity index (χ3v) is 2.40. The van der Waals surface area contributed by atoms with Crippen LogP contribution in [0, 0.1) is 5.82 Å². The first-order valence-corrected chi connectivity index (χ1v) is 4.38. The highest BCUT2D eigenvalue weighted by Gasteiger charge is 2.19. The van der Waals surface area contributed by atoms with Crippen LogP contribution in [0.25, 0.3) is 0 Å². The van der Waals surface area contributed by atoms with Gasteiger partial charge in [0.1, 0.15) is 0 Å². The SMILES string of the molecule is COc1cc(C2CCN2)ccc1F. The fraction of sp³-hybridized carbons (Fsp3) is 0.400. The Morgan fingerprint density at radius 1 is 1.54 bits per heavy atom. The van der Waals surface area contributed by atoms with Crippen LogP contribution in [0.4, 0.5) is 4.39 Å². The van der Waals surface area contributed by atoms with Gasteiger partial charge in [-0.25, -0.2) is 4.39 Å². The molecule has 2 rings (SSSR count). The highest BCUT2D eigenvalue weighted by molar-refractivity contribution is 5.32. The van der Waals surface area contributed by atoms with E-state index in [4.69, 9.17) is 4.74 Å². The fourth-order valence-corrected chi connectivity index (χ4v) is 1.47. The van der Waals surface area contributed by atoms with Crippen LogP contribution in [-0.4, -0.2) is 13.7 Å². The minimum atomic E-state index is -0.300. The lowest BCUT2D eigenvalue weighted by Crippen LogP contribution is -2.34. The normalized spacial score (nSPS) is 20.9. The van der Waals surface area contributed by atoms with Gasteiger partial charge in [0, 0.05) is 6.04 Å². The smallest absolute Gasteiger partial charge is 0.165 e. The van der Waals surface area contributed by atoms with Gasteiger partial charge in [-0.2, -0.15) is 0 Å². The van der Waals surface area contributed by atoms with Crippen molar-refractivity contribution in [2.75, 3.05) is 13.7 Å². The molecular formula is C10H12FNO. The molecule has 1 aliphatic rings. The molecule has 1 atom stereocenters. The van der Waals surface area contributed by atoms with Crippen LogP contribution in [0.15, 0.2) is 18.2 Å². The lowest BCUT2D eigenvalue weighted by atomic mass is 9.98.